The Morgan fingerprint density at radius 3 is 2.49 bits per heavy atom. The molecule has 11 heteroatoms. The molecule has 0 radical (unpaired) electrons. The largest absolute Gasteiger partial charge is 0.497 e. The fourth-order valence-electron chi connectivity index (χ4n) is 5.21. The van der Waals surface area contributed by atoms with Gasteiger partial charge in [0.1, 0.15) is 12.4 Å². The average molecular weight is 550 g/mol. The van der Waals surface area contributed by atoms with Crippen molar-refractivity contribution in [1.82, 2.24) is 9.88 Å². The number of piperidine rings is 1. The van der Waals surface area contributed by atoms with Gasteiger partial charge in [-0.15, -0.1) is 0 Å². The van der Waals surface area contributed by atoms with Gasteiger partial charge in [0.05, 0.1) is 24.1 Å². The van der Waals surface area contributed by atoms with Gasteiger partial charge in [0.2, 0.25) is 0 Å². The van der Waals surface area contributed by atoms with Crippen LogP contribution in [0.5, 0.6) is 5.75 Å². The second-order valence-electron chi connectivity index (χ2n) is 9.88. The Bertz CT molecular complexity index is 1300. The summed E-state index contributed by atoms with van der Waals surface area (Å²) in [6, 6.07) is 6.89. The number of methoxy groups -OCH3 is 1. The molecule has 2 aromatic carbocycles. The molecule has 3 N–H and O–H groups in total. The van der Waals surface area contributed by atoms with E-state index in [0.29, 0.717) is 61.2 Å². The van der Waals surface area contributed by atoms with E-state index in [1.54, 1.807) is 18.2 Å². The predicted octanol–water partition coefficient (Wildman–Crippen LogP) is 5.22. The number of likely N-dealkylation sites (tertiary alicyclic amines) is 1. The highest BCUT2D eigenvalue weighted by molar-refractivity contribution is 5.85. The van der Waals surface area contributed by atoms with E-state index in [2.05, 4.69) is 10.3 Å². The number of alkyl halides is 1. The lowest BCUT2D eigenvalue weighted by Crippen LogP contribution is -2.45. The number of aliphatic carboxylic acids is 1. The number of pyridine rings is 1. The zero-order chi connectivity index (χ0) is 28.2. The Morgan fingerprint density at radius 1 is 1.18 bits per heavy atom. The van der Waals surface area contributed by atoms with Gasteiger partial charge in [0, 0.05) is 48.1 Å². The molecule has 39 heavy (non-hydrogen) atoms. The summed E-state index contributed by atoms with van der Waals surface area (Å²) in [5.41, 5.74) is 0.272. The van der Waals surface area contributed by atoms with Crippen LogP contribution in [0, 0.1) is 22.9 Å². The smallest absolute Gasteiger partial charge is 0.309 e. The SMILES string of the molecule is COc1ccc2ncc(CF)c([C@@H](O)CCC3(C(=O)O)CCN(CCNc4cc(F)c(F)c(F)c4)CC3)c2c1. The van der Waals surface area contributed by atoms with E-state index in [9.17, 15) is 32.6 Å². The highest BCUT2D eigenvalue weighted by atomic mass is 19.2. The number of aliphatic hydroxyl groups is 1. The zero-order valence-corrected chi connectivity index (χ0v) is 21.5. The molecule has 0 amide bonds. The number of carbonyl (C=O) groups is 1. The predicted molar refractivity (Wildman–Crippen MR) is 138 cm³/mol. The van der Waals surface area contributed by atoms with Gasteiger partial charge < -0.3 is 25.2 Å². The lowest BCUT2D eigenvalue weighted by atomic mass is 9.74. The first-order valence-electron chi connectivity index (χ1n) is 12.7. The van der Waals surface area contributed by atoms with Crippen molar-refractivity contribution in [2.45, 2.75) is 38.5 Å². The number of hydrogen-bond donors (Lipinski definition) is 3. The third-order valence-corrected chi connectivity index (χ3v) is 7.58. The number of aromatic nitrogens is 1. The first kappa shape index (κ1) is 28.6. The van der Waals surface area contributed by atoms with Gasteiger partial charge in [0.15, 0.2) is 17.5 Å². The van der Waals surface area contributed by atoms with Gasteiger partial charge in [-0.05, 0) is 62.5 Å². The van der Waals surface area contributed by atoms with E-state index < -0.39 is 41.6 Å². The van der Waals surface area contributed by atoms with Gasteiger partial charge in [-0.25, -0.2) is 17.6 Å². The van der Waals surface area contributed by atoms with Crippen LogP contribution in [0.4, 0.5) is 23.2 Å². The number of carboxylic acid groups (broad SMARTS) is 1. The molecule has 7 nitrogen and oxygen atoms in total. The van der Waals surface area contributed by atoms with Crippen molar-refractivity contribution in [3.63, 3.8) is 0 Å². The van der Waals surface area contributed by atoms with Crippen molar-refractivity contribution in [2.24, 2.45) is 5.41 Å². The van der Waals surface area contributed by atoms with Gasteiger partial charge in [-0.2, -0.15) is 0 Å². The minimum atomic E-state index is -1.52. The number of nitrogens with one attached hydrogen (secondary N) is 1. The maximum absolute atomic E-state index is 13.8. The second kappa shape index (κ2) is 12.2. The summed E-state index contributed by atoms with van der Waals surface area (Å²) >= 11 is 0. The molecule has 0 aliphatic carbocycles. The lowest BCUT2D eigenvalue weighted by molar-refractivity contribution is -0.153. The van der Waals surface area contributed by atoms with Crippen LogP contribution in [0.1, 0.15) is 42.9 Å². The van der Waals surface area contributed by atoms with Gasteiger partial charge >= 0.3 is 5.97 Å². The third-order valence-electron chi connectivity index (χ3n) is 7.58. The van der Waals surface area contributed by atoms with Gasteiger partial charge in [-0.1, -0.05) is 0 Å². The monoisotopic (exact) mass is 549 g/mol. The minimum Gasteiger partial charge on any atom is -0.497 e. The third kappa shape index (κ3) is 6.25. The van der Waals surface area contributed by atoms with Crippen molar-refractivity contribution in [3.8, 4) is 5.75 Å². The summed E-state index contributed by atoms with van der Waals surface area (Å²) in [4.78, 5) is 18.6. The molecule has 0 spiro atoms. The summed E-state index contributed by atoms with van der Waals surface area (Å²) < 4.78 is 59.0. The summed E-state index contributed by atoms with van der Waals surface area (Å²) in [5, 5.41) is 24.6. The first-order chi connectivity index (χ1) is 18.7. The Balaban J connectivity index is 1.38. The van der Waals surface area contributed by atoms with Crippen molar-refractivity contribution in [3.05, 3.63) is 65.1 Å². The molecular weight excluding hydrogens is 518 g/mol. The van der Waals surface area contributed by atoms with E-state index in [1.807, 2.05) is 4.90 Å². The zero-order valence-electron chi connectivity index (χ0n) is 21.5. The normalized spacial score (nSPS) is 16.3. The fraction of sp³-hybridized carbons (Fsp3) is 0.429. The van der Waals surface area contributed by atoms with E-state index >= 15 is 0 Å². The Labute approximate surface area is 223 Å². The minimum absolute atomic E-state index is 0.117. The Hall–Kier alpha value is -3.44. The molecular formula is C28H31F4N3O4. The van der Waals surface area contributed by atoms with Gasteiger partial charge in [0.25, 0.3) is 0 Å². The van der Waals surface area contributed by atoms with Crippen LogP contribution in [0.25, 0.3) is 10.9 Å². The van der Waals surface area contributed by atoms with E-state index in [-0.39, 0.29) is 24.1 Å². The maximum Gasteiger partial charge on any atom is 0.309 e. The number of fused-ring (bicyclic) bond motifs is 1. The van der Waals surface area contributed by atoms with Crippen LogP contribution >= 0.6 is 0 Å². The van der Waals surface area contributed by atoms with E-state index in [0.717, 1.165) is 12.1 Å². The number of aliphatic hydroxyl groups excluding tert-OH is 1. The highest BCUT2D eigenvalue weighted by Crippen LogP contribution is 2.40. The molecule has 1 fully saturated rings. The molecule has 1 saturated heterocycles. The molecule has 2 heterocycles. The second-order valence-corrected chi connectivity index (χ2v) is 9.88. The molecule has 0 bridgehead atoms. The van der Waals surface area contributed by atoms with Crippen molar-refractivity contribution in [2.75, 3.05) is 38.6 Å². The number of ether oxygens (including phenoxy) is 1. The van der Waals surface area contributed by atoms with Crippen LogP contribution in [-0.4, -0.2) is 59.4 Å². The summed E-state index contributed by atoms with van der Waals surface area (Å²) in [6.07, 6.45) is 1.30. The van der Waals surface area contributed by atoms with Crippen LogP contribution in [0.3, 0.4) is 0 Å². The van der Waals surface area contributed by atoms with Crippen molar-refractivity contribution >= 4 is 22.6 Å². The molecule has 0 saturated carbocycles. The van der Waals surface area contributed by atoms with Crippen LogP contribution in [-0.2, 0) is 11.5 Å². The van der Waals surface area contributed by atoms with Crippen LogP contribution in [0.2, 0.25) is 0 Å². The highest BCUT2D eigenvalue weighted by Gasteiger charge is 2.41. The number of nitrogens with zero attached hydrogens (tertiary/aromatic N) is 2. The van der Waals surface area contributed by atoms with Crippen molar-refractivity contribution < 1.29 is 37.3 Å². The fourth-order valence-corrected chi connectivity index (χ4v) is 5.21. The number of carboxylic acids is 1. The quantitative estimate of drug-likeness (QED) is 0.223. The number of benzene rings is 2. The molecule has 1 aliphatic rings. The number of rotatable bonds is 11. The number of halogens is 4. The topological polar surface area (TPSA) is 94.9 Å². The molecule has 1 atom stereocenters. The molecule has 1 aliphatic heterocycles. The summed E-state index contributed by atoms with van der Waals surface area (Å²) in [6.45, 7) is 0.941. The van der Waals surface area contributed by atoms with Crippen molar-refractivity contribution in [1.29, 1.82) is 0 Å². The first-order valence-corrected chi connectivity index (χ1v) is 12.7. The molecule has 210 valence electrons. The van der Waals surface area contributed by atoms with E-state index in [1.165, 1.54) is 13.3 Å². The average Bonchev–Trinajstić information content (AvgIpc) is 2.94. The maximum atomic E-state index is 13.8. The van der Waals surface area contributed by atoms with E-state index in [4.69, 9.17) is 4.74 Å². The standard InChI is InChI=1S/C28H31F4N3O4/c1-39-19-2-3-23-20(14-19)25(17(15-29)16-34-23)24(36)4-5-28(27(37)38)6-9-35(10-7-28)11-8-33-18-12-21(30)26(32)22(31)13-18/h2-3,12-14,16,24,33,36H,4-11,15H2,1H3,(H,37,38)/t24-/m0/s1. The molecule has 1 aromatic heterocycles. The molecule has 3 aromatic rings. The lowest BCUT2D eigenvalue weighted by Gasteiger charge is -2.39. The van der Waals surface area contributed by atoms with Crippen LogP contribution in [0.15, 0.2) is 36.5 Å². The Kier molecular flexibility index (Phi) is 8.91. The summed E-state index contributed by atoms with van der Waals surface area (Å²) in [7, 11) is 1.51. The number of hydrogen-bond acceptors (Lipinski definition) is 6. The molecule has 0 unspecified atom stereocenters. The summed E-state index contributed by atoms with van der Waals surface area (Å²) in [5.74, 6) is -4.49. The Morgan fingerprint density at radius 2 is 1.87 bits per heavy atom. The number of anilines is 1. The molecule has 4 rings (SSSR count). The van der Waals surface area contributed by atoms with Gasteiger partial charge in [-0.3, -0.25) is 9.78 Å². The van der Waals surface area contributed by atoms with Crippen LogP contribution < -0.4 is 10.1 Å².